The lowest BCUT2D eigenvalue weighted by Gasteiger charge is -2.51. The number of rotatable bonds is 0. The fourth-order valence-electron chi connectivity index (χ4n) is 4.14. The van der Waals surface area contributed by atoms with Crippen LogP contribution in [0.4, 0.5) is 0 Å². The van der Waals surface area contributed by atoms with Crippen molar-refractivity contribution in [3.63, 3.8) is 0 Å². The van der Waals surface area contributed by atoms with E-state index in [1.165, 1.54) is 23.3 Å². The molecule has 1 N–H and O–H groups in total. The molecule has 94 valence electrons. The van der Waals surface area contributed by atoms with Gasteiger partial charge in [0, 0.05) is 6.42 Å². The molecule has 0 amide bonds. The molecule has 1 aromatic heterocycles. The highest BCUT2D eigenvalue weighted by atomic mass is 16.3. The summed E-state index contributed by atoms with van der Waals surface area (Å²) in [5.74, 6) is 1.55. The second-order valence-electron chi connectivity index (χ2n) is 6.62. The van der Waals surface area contributed by atoms with Gasteiger partial charge in [-0.15, -0.1) is 0 Å². The summed E-state index contributed by atoms with van der Waals surface area (Å²) >= 11 is 0. The Bertz CT molecular complexity index is 444. The summed E-state index contributed by atoms with van der Waals surface area (Å²) in [5.41, 5.74) is 2.33. The zero-order valence-electron chi connectivity index (χ0n) is 11.0. The van der Waals surface area contributed by atoms with Crippen LogP contribution in [-0.2, 0) is 12.8 Å². The fraction of sp³-hybridized carbons (Fsp3) is 0.733. The Morgan fingerprint density at radius 3 is 2.88 bits per heavy atom. The van der Waals surface area contributed by atoms with Crippen molar-refractivity contribution < 1.29 is 9.52 Å². The van der Waals surface area contributed by atoms with E-state index in [4.69, 9.17) is 4.42 Å². The van der Waals surface area contributed by atoms with Crippen molar-refractivity contribution >= 4 is 0 Å². The van der Waals surface area contributed by atoms with Gasteiger partial charge >= 0.3 is 0 Å². The van der Waals surface area contributed by atoms with E-state index in [1.54, 1.807) is 0 Å². The number of aryl methyl sites for hydroxylation is 1. The third-order valence-electron chi connectivity index (χ3n) is 5.19. The maximum Gasteiger partial charge on any atom is 0.107 e. The molecule has 1 saturated carbocycles. The van der Waals surface area contributed by atoms with E-state index in [2.05, 4.69) is 13.8 Å². The molecule has 2 nitrogen and oxygen atoms in total. The summed E-state index contributed by atoms with van der Waals surface area (Å²) in [6.07, 6.45) is 7.15. The Hall–Kier alpha value is -0.760. The third kappa shape index (κ3) is 1.57. The molecule has 0 radical (unpaired) electrons. The van der Waals surface area contributed by atoms with Gasteiger partial charge in [0.05, 0.1) is 11.9 Å². The summed E-state index contributed by atoms with van der Waals surface area (Å²) in [6, 6.07) is 0. The van der Waals surface area contributed by atoms with E-state index in [0.29, 0.717) is 5.92 Å². The second kappa shape index (κ2) is 3.38. The van der Waals surface area contributed by atoms with Crippen molar-refractivity contribution in [2.75, 3.05) is 0 Å². The monoisotopic (exact) mass is 234 g/mol. The third-order valence-corrected chi connectivity index (χ3v) is 5.19. The molecule has 1 heterocycles. The largest absolute Gasteiger partial charge is 0.469 e. The van der Waals surface area contributed by atoms with Crippen LogP contribution in [0.25, 0.3) is 0 Å². The topological polar surface area (TPSA) is 33.4 Å². The number of hydrogen-bond acceptors (Lipinski definition) is 2. The van der Waals surface area contributed by atoms with Gasteiger partial charge in [-0.3, -0.25) is 0 Å². The van der Waals surface area contributed by atoms with Crippen molar-refractivity contribution in [3.05, 3.63) is 23.2 Å². The van der Waals surface area contributed by atoms with Gasteiger partial charge in [-0.05, 0) is 55.6 Å². The molecule has 1 aromatic rings. The van der Waals surface area contributed by atoms with E-state index < -0.39 is 5.60 Å². The van der Waals surface area contributed by atoms with Crippen LogP contribution >= 0.6 is 0 Å². The first kappa shape index (κ1) is 11.3. The van der Waals surface area contributed by atoms with Gasteiger partial charge in [0.1, 0.15) is 5.76 Å². The van der Waals surface area contributed by atoms with Crippen LogP contribution in [0.2, 0.25) is 0 Å². The Kier molecular flexibility index (Phi) is 2.25. The molecule has 0 aliphatic heterocycles. The van der Waals surface area contributed by atoms with E-state index in [0.717, 1.165) is 25.7 Å². The smallest absolute Gasteiger partial charge is 0.107 e. The van der Waals surface area contributed by atoms with Gasteiger partial charge in [0.15, 0.2) is 0 Å². The molecular formula is C15H22O2. The quantitative estimate of drug-likeness (QED) is 0.747. The molecule has 2 aliphatic rings. The van der Waals surface area contributed by atoms with Crippen LogP contribution in [-0.4, -0.2) is 10.7 Å². The number of aliphatic hydroxyl groups is 1. The second-order valence-corrected chi connectivity index (χ2v) is 6.62. The summed E-state index contributed by atoms with van der Waals surface area (Å²) in [5, 5.41) is 10.7. The molecule has 0 spiro atoms. The first-order chi connectivity index (χ1) is 7.92. The van der Waals surface area contributed by atoms with Crippen LogP contribution < -0.4 is 0 Å². The van der Waals surface area contributed by atoms with Crippen LogP contribution in [0.1, 0.15) is 50.0 Å². The van der Waals surface area contributed by atoms with Gasteiger partial charge in [-0.25, -0.2) is 0 Å². The summed E-state index contributed by atoms with van der Waals surface area (Å²) < 4.78 is 5.69. The molecular weight excluding hydrogens is 212 g/mol. The Balaban J connectivity index is 2.04. The molecule has 2 heteroatoms. The number of fused-ring (bicyclic) bond motifs is 2. The molecule has 0 bridgehead atoms. The minimum atomic E-state index is -0.506. The first-order valence-electron chi connectivity index (χ1n) is 6.71. The van der Waals surface area contributed by atoms with Crippen molar-refractivity contribution in [1.29, 1.82) is 0 Å². The zero-order valence-corrected chi connectivity index (χ0v) is 11.0. The number of hydrogen-bond donors (Lipinski definition) is 1. The summed E-state index contributed by atoms with van der Waals surface area (Å²) in [7, 11) is 0. The highest BCUT2D eigenvalue weighted by Gasteiger charge is 2.51. The van der Waals surface area contributed by atoms with Crippen LogP contribution in [0, 0.1) is 18.3 Å². The molecule has 1 fully saturated rings. The summed E-state index contributed by atoms with van der Waals surface area (Å²) in [6.45, 7) is 6.46. The van der Waals surface area contributed by atoms with Crippen LogP contribution in [0.3, 0.4) is 0 Å². The zero-order chi connectivity index (χ0) is 12.3. The van der Waals surface area contributed by atoms with Gasteiger partial charge in [-0.1, -0.05) is 13.3 Å². The molecule has 0 unspecified atom stereocenters. The molecule has 0 saturated heterocycles. The fourth-order valence-corrected chi connectivity index (χ4v) is 4.14. The Labute approximate surface area is 103 Å². The summed E-state index contributed by atoms with van der Waals surface area (Å²) in [4.78, 5) is 0. The van der Waals surface area contributed by atoms with Gasteiger partial charge in [-0.2, -0.15) is 0 Å². The minimum Gasteiger partial charge on any atom is -0.469 e. The lowest BCUT2D eigenvalue weighted by atomic mass is 9.55. The maximum absolute atomic E-state index is 10.7. The highest BCUT2D eigenvalue weighted by molar-refractivity contribution is 5.32. The molecule has 2 aliphatic carbocycles. The first-order valence-corrected chi connectivity index (χ1v) is 6.71. The van der Waals surface area contributed by atoms with Gasteiger partial charge in [0.25, 0.3) is 0 Å². The van der Waals surface area contributed by atoms with E-state index in [-0.39, 0.29) is 5.41 Å². The molecule has 3 rings (SSSR count). The van der Waals surface area contributed by atoms with Crippen molar-refractivity contribution in [2.24, 2.45) is 11.3 Å². The molecule has 17 heavy (non-hydrogen) atoms. The normalized spacial score (nSPS) is 40.8. The molecule has 3 atom stereocenters. The average molecular weight is 234 g/mol. The van der Waals surface area contributed by atoms with Crippen molar-refractivity contribution in [2.45, 2.75) is 58.5 Å². The SMILES string of the molecule is Cc1coc2c1C[C@@H]1[C@@](C)(CCC[C@@]1(C)O)C2. The Morgan fingerprint density at radius 1 is 1.35 bits per heavy atom. The predicted octanol–water partition coefficient (Wildman–Crippen LogP) is 3.24. The predicted molar refractivity (Wildman–Crippen MR) is 66.9 cm³/mol. The van der Waals surface area contributed by atoms with E-state index >= 15 is 0 Å². The molecule has 0 aromatic carbocycles. The van der Waals surface area contributed by atoms with Gasteiger partial charge in [0.2, 0.25) is 0 Å². The van der Waals surface area contributed by atoms with Crippen LogP contribution in [0.5, 0.6) is 0 Å². The van der Waals surface area contributed by atoms with Crippen molar-refractivity contribution in [3.8, 4) is 0 Å². The lowest BCUT2D eigenvalue weighted by Crippen LogP contribution is -2.52. The van der Waals surface area contributed by atoms with Crippen molar-refractivity contribution in [1.82, 2.24) is 0 Å². The lowest BCUT2D eigenvalue weighted by molar-refractivity contribution is -0.101. The average Bonchev–Trinajstić information content (AvgIpc) is 2.56. The van der Waals surface area contributed by atoms with Gasteiger partial charge < -0.3 is 9.52 Å². The Morgan fingerprint density at radius 2 is 2.12 bits per heavy atom. The van der Waals surface area contributed by atoms with Crippen LogP contribution in [0.15, 0.2) is 10.7 Å². The standard InChI is InChI=1S/C15H22O2/c1-10-9-17-12-8-14(2)5-4-6-15(3,16)13(14)7-11(10)12/h9,13,16H,4-8H2,1-3H3/t13-,14+,15-/m1/s1. The maximum atomic E-state index is 10.7. The highest BCUT2D eigenvalue weighted by Crippen LogP contribution is 2.53. The van der Waals surface area contributed by atoms with E-state index in [1.807, 2.05) is 13.2 Å². The number of furan rings is 1. The van der Waals surface area contributed by atoms with E-state index in [9.17, 15) is 5.11 Å². The minimum absolute atomic E-state index is 0.221.